The highest BCUT2D eigenvalue weighted by atomic mass is 79.9. The monoisotopic (exact) mass is 324 g/mol. The Morgan fingerprint density at radius 3 is 2.61 bits per heavy atom. The molecule has 0 radical (unpaired) electrons. The number of aldehydes is 1. The molecule has 0 saturated carbocycles. The molecule has 18 heavy (non-hydrogen) atoms. The molecular formula is C14H10BrClO2. The van der Waals surface area contributed by atoms with Crippen LogP contribution >= 0.6 is 27.5 Å². The number of carbonyl (C=O) groups excluding carboxylic acids is 1. The summed E-state index contributed by atoms with van der Waals surface area (Å²) in [6.45, 7) is 0.397. The maximum absolute atomic E-state index is 11.0. The highest BCUT2D eigenvalue weighted by molar-refractivity contribution is 9.10. The fraction of sp³-hybridized carbons (Fsp3) is 0.0714. The van der Waals surface area contributed by atoms with Gasteiger partial charge in [-0.1, -0.05) is 57.9 Å². The Hall–Kier alpha value is -1.32. The Kier molecular flexibility index (Phi) is 4.39. The third-order valence-corrected chi connectivity index (χ3v) is 3.18. The van der Waals surface area contributed by atoms with Crippen molar-refractivity contribution in [3.05, 3.63) is 63.1 Å². The van der Waals surface area contributed by atoms with Crippen LogP contribution in [0.15, 0.2) is 46.9 Å². The van der Waals surface area contributed by atoms with Crippen LogP contribution in [0.25, 0.3) is 0 Å². The van der Waals surface area contributed by atoms with Crippen molar-refractivity contribution >= 4 is 33.8 Å². The van der Waals surface area contributed by atoms with Crippen LogP contribution in [0.2, 0.25) is 5.02 Å². The molecule has 92 valence electrons. The Bertz CT molecular complexity index is 555. The second-order valence-corrected chi connectivity index (χ2v) is 5.01. The summed E-state index contributed by atoms with van der Waals surface area (Å²) in [6, 6.07) is 13.1. The van der Waals surface area contributed by atoms with Crippen molar-refractivity contribution < 1.29 is 9.53 Å². The van der Waals surface area contributed by atoms with Crippen LogP contribution in [-0.2, 0) is 6.61 Å². The van der Waals surface area contributed by atoms with E-state index < -0.39 is 0 Å². The third kappa shape index (κ3) is 3.12. The molecule has 0 bridgehead atoms. The first kappa shape index (κ1) is 13.1. The van der Waals surface area contributed by atoms with Crippen molar-refractivity contribution in [2.75, 3.05) is 0 Å². The van der Waals surface area contributed by atoms with E-state index in [-0.39, 0.29) is 0 Å². The number of ether oxygens (including phenoxy) is 1. The molecule has 2 rings (SSSR count). The molecule has 0 aliphatic rings. The molecule has 0 fully saturated rings. The van der Waals surface area contributed by atoms with E-state index in [0.29, 0.717) is 29.2 Å². The van der Waals surface area contributed by atoms with Gasteiger partial charge in [0.15, 0.2) is 6.29 Å². The molecule has 2 nitrogen and oxygen atoms in total. The normalized spacial score (nSPS) is 10.1. The summed E-state index contributed by atoms with van der Waals surface area (Å²) in [6.07, 6.45) is 0.703. The highest BCUT2D eigenvalue weighted by Crippen LogP contribution is 2.30. The van der Waals surface area contributed by atoms with Gasteiger partial charge in [-0.15, -0.1) is 0 Å². The van der Waals surface area contributed by atoms with Gasteiger partial charge in [0.2, 0.25) is 0 Å². The SMILES string of the molecule is O=Cc1c(Cl)cc(Br)cc1OCc1ccccc1. The lowest BCUT2D eigenvalue weighted by Crippen LogP contribution is -1.98. The van der Waals surface area contributed by atoms with Gasteiger partial charge in [0.05, 0.1) is 10.6 Å². The summed E-state index contributed by atoms with van der Waals surface area (Å²) < 4.78 is 6.41. The average Bonchev–Trinajstić information content (AvgIpc) is 2.37. The number of halogens is 2. The number of rotatable bonds is 4. The predicted molar refractivity (Wildman–Crippen MR) is 75.3 cm³/mol. The second-order valence-electron chi connectivity index (χ2n) is 3.69. The average molecular weight is 326 g/mol. The first-order valence-electron chi connectivity index (χ1n) is 5.31. The zero-order valence-electron chi connectivity index (χ0n) is 9.40. The van der Waals surface area contributed by atoms with Crippen LogP contribution < -0.4 is 4.74 Å². The number of hydrogen-bond acceptors (Lipinski definition) is 2. The maximum Gasteiger partial charge on any atom is 0.155 e. The van der Waals surface area contributed by atoms with E-state index in [4.69, 9.17) is 16.3 Å². The summed E-state index contributed by atoms with van der Waals surface area (Å²) in [5.41, 5.74) is 1.40. The van der Waals surface area contributed by atoms with E-state index in [0.717, 1.165) is 10.0 Å². The van der Waals surface area contributed by atoms with Crippen molar-refractivity contribution in [1.29, 1.82) is 0 Å². The summed E-state index contributed by atoms with van der Waals surface area (Å²) in [5, 5.41) is 0.377. The molecule has 0 saturated heterocycles. The topological polar surface area (TPSA) is 26.3 Å². The molecule has 0 unspecified atom stereocenters. The smallest absolute Gasteiger partial charge is 0.155 e. The number of hydrogen-bond donors (Lipinski definition) is 0. The zero-order valence-corrected chi connectivity index (χ0v) is 11.7. The van der Waals surface area contributed by atoms with E-state index in [2.05, 4.69) is 15.9 Å². The molecule has 0 aromatic heterocycles. The first-order valence-corrected chi connectivity index (χ1v) is 6.49. The van der Waals surface area contributed by atoms with Gasteiger partial charge in [-0.05, 0) is 17.7 Å². The lowest BCUT2D eigenvalue weighted by molar-refractivity contribution is 0.111. The minimum atomic E-state index is 0.371. The van der Waals surface area contributed by atoms with Crippen molar-refractivity contribution in [1.82, 2.24) is 0 Å². The molecule has 0 N–H and O–H groups in total. The van der Waals surface area contributed by atoms with Crippen LogP contribution in [0, 0.1) is 0 Å². The largest absolute Gasteiger partial charge is 0.488 e. The molecular weight excluding hydrogens is 316 g/mol. The van der Waals surface area contributed by atoms with Gasteiger partial charge in [0.1, 0.15) is 12.4 Å². The Morgan fingerprint density at radius 2 is 1.94 bits per heavy atom. The zero-order chi connectivity index (χ0) is 13.0. The van der Waals surface area contributed by atoms with Gasteiger partial charge in [-0.2, -0.15) is 0 Å². The molecule has 2 aromatic carbocycles. The summed E-state index contributed by atoms with van der Waals surface area (Å²) in [5.74, 6) is 0.480. The lowest BCUT2D eigenvalue weighted by atomic mass is 10.2. The van der Waals surface area contributed by atoms with Crippen LogP contribution in [0.5, 0.6) is 5.75 Å². The highest BCUT2D eigenvalue weighted by Gasteiger charge is 2.09. The van der Waals surface area contributed by atoms with E-state index >= 15 is 0 Å². The van der Waals surface area contributed by atoms with Gasteiger partial charge < -0.3 is 4.74 Å². The first-order chi connectivity index (χ1) is 8.70. The van der Waals surface area contributed by atoms with E-state index in [1.54, 1.807) is 12.1 Å². The van der Waals surface area contributed by atoms with Gasteiger partial charge in [0.25, 0.3) is 0 Å². The minimum absolute atomic E-state index is 0.371. The van der Waals surface area contributed by atoms with Crippen LogP contribution in [0.4, 0.5) is 0 Å². The van der Waals surface area contributed by atoms with Crippen molar-refractivity contribution in [2.45, 2.75) is 6.61 Å². The van der Waals surface area contributed by atoms with E-state index in [1.807, 2.05) is 30.3 Å². The molecule has 2 aromatic rings. The number of carbonyl (C=O) groups is 1. The maximum atomic E-state index is 11.0. The summed E-state index contributed by atoms with van der Waals surface area (Å²) in [7, 11) is 0. The lowest BCUT2D eigenvalue weighted by Gasteiger charge is -2.10. The Balaban J connectivity index is 2.21. The summed E-state index contributed by atoms with van der Waals surface area (Å²) >= 11 is 9.30. The molecule has 0 atom stereocenters. The Labute approximate surface area is 119 Å². The van der Waals surface area contributed by atoms with Crippen LogP contribution in [0.1, 0.15) is 15.9 Å². The van der Waals surface area contributed by atoms with Crippen molar-refractivity contribution in [3.63, 3.8) is 0 Å². The molecule has 0 aliphatic heterocycles. The quantitative estimate of drug-likeness (QED) is 0.774. The van der Waals surface area contributed by atoms with E-state index in [9.17, 15) is 4.79 Å². The van der Waals surface area contributed by atoms with Crippen molar-refractivity contribution in [2.24, 2.45) is 0 Å². The Morgan fingerprint density at radius 1 is 1.22 bits per heavy atom. The standard InChI is InChI=1S/C14H10BrClO2/c15-11-6-13(16)12(8-17)14(7-11)18-9-10-4-2-1-3-5-10/h1-8H,9H2. The molecule has 4 heteroatoms. The van der Waals surface area contributed by atoms with E-state index in [1.165, 1.54) is 0 Å². The van der Waals surface area contributed by atoms with Crippen LogP contribution in [-0.4, -0.2) is 6.29 Å². The fourth-order valence-electron chi connectivity index (χ4n) is 1.53. The minimum Gasteiger partial charge on any atom is -0.488 e. The second kappa shape index (κ2) is 6.03. The summed E-state index contributed by atoms with van der Waals surface area (Å²) in [4.78, 5) is 11.0. The fourth-order valence-corrected chi connectivity index (χ4v) is 2.35. The van der Waals surface area contributed by atoms with Gasteiger partial charge in [0, 0.05) is 4.47 Å². The third-order valence-electron chi connectivity index (χ3n) is 2.41. The van der Waals surface area contributed by atoms with Gasteiger partial charge in [-0.3, -0.25) is 4.79 Å². The van der Waals surface area contributed by atoms with Gasteiger partial charge in [-0.25, -0.2) is 0 Å². The van der Waals surface area contributed by atoms with Crippen LogP contribution in [0.3, 0.4) is 0 Å². The molecule has 0 amide bonds. The molecule has 0 spiro atoms. The molecule has 0 aliphatic carbocycles. The van der Waals surface area contributed by atoms with Gasteiger partial charge >= 0.3 is 0 Å². The molecule has 0 heterocycles. The predicted octanol–water partition coefficient (Wildman–Crippen LogP) is 4.49. The number of benzene rings is 2. The van der Waals surface area contributed by atoms with Crippen molar-refractivity contribution in [3.8, 4) is 5.75 Å².